The zero-order valence-electron chi connectivity index (χ0n) is 12.3. The highest BCUT2D eigenvalue weighted by molar-refractivity contribution is 5.60. The van der Waals surface area contributed by atoms with Crippen molar-refractivity contribution in [2.75, 3.05) is 23.7 Å². The highest BCUT2D eigenvalue weighted by atomic mass is 19.4. The number of hydrogen-bond acceptors (Lipinski definition) is 3. The predicted molar refractivity (Wildman–Crippen MR) is 77.6 cm³/mol. The van der Waals surface area contributed by atoms with Crippen LogP contribution in [0.4, 0.5) is 24.5 Å². The minimum Gasteiger partial charge on any atom is -0.491 e. The van der Waals surface area contributed by atoms with Gasteiger partial charge in [0.25, 0.3) is 0 Å². The van der Waals surface area contributed by atoms with Crippen molar-refractivity contribution in [3.8, 4) is 5.75 Å². The molecule has 2 rings (SSSR count). The molecule has 1 unspecified atom stereocenters. The number of piperidine rings is 1. The van der Waals surface area contributed by atoms with E-state index in [1.54, 1.807) is 23.1 Å². The lowest BCUT2D eigenvalue weighted by molar-refractivity contribution is -0.175. The fourth-order valence-corrected chi connectivity index (χ4v) is 2.61. The summed E-state index contributed by atoms with van der Waals surface area (Å²) in [6, 6.07) is 5.15. The summed E-state index contributed by atoms with van der Waals surface area (Å²) in [6.07, 6.45) is -3.43. The van der Waals surface area contributed by atoms with Crippen LogP contribution in [-0.4, -0.2) is 25.4 Å². The van der Waals surface area contributed by atoms with Gasteiger partial charge in [0.2, 0.25) is 0 Å². The smallest absolute Gasteiger partial charge is 0.393 e. The molecule has 6 heteroatoms. The Morgan fingerprint density at radius 1 is 1.29 bits per heavy atom. The average molecular weight is 302 g/mol. The highest BCUT2D eigenvalue weighted by Gasteiger charge is 2.41. The summed E-state index contributed by atoms with van der Waals surface area (Å²) in [5, 5.41) is 0. The van der Waals surface area contributed by atoms with Gasteiger partial charge in [0.1, 0.15) is 5.75 Å². The van der Waals surface area contributed by atoms with Crippen molar-refractivity contribution in [2.24, 2.45) is 5.92 Å². The fraction of sp³-hybridized carbons (Fsp3) is 0.600. The Bertz CT molecular complexity index is 488. The second-order valence-corrected chi connectivity index (χ2v) is 5.75. The van der Waals surface area contributed by atoms with E-state index in [0.717, 1.165) is 0 Å². The minimum absolute atomic E-state index is 0.0103. The van der Waals surface area contributed by atoms with Crippen LogP contribution >= 0.6 is 0 Å². The Labute approximate surface area is 122 Å². The molecule has 1 aliphatic heterocycles. The van der Waals surface area contributed by atoms with Crippen molar-refractivity contribution in [1.29, 1.82) is 0 Å². The lowest BCUT2D eigenvalue weighted by atomic mass is 9.97. The van der Waals surface area contributed by atoms with E-state index in [2.05, 4.69) is 0 Å². The number of benzene rings is 1. The first-order chi connectivity index (χ1) is 9.75. The predicted octanol–water partition coefficient (Wildman–Crippen LogP) is 3.83. The molecule has 0 saturated carbocycles. The van der Waals surface area contributed by atoms with E-state index in [1.165, 1.54) is 0 Å². The minimum atomic E-state index is -4.14. The van der Waals surface area contributed by atoms with Crippen molar-refractivity contribution in [3.63, 3.8) is 0 Å². The number of nitrogen functional groups attached to an aromatic ring is 1. The van der Waals surface area contributed by atoms with Crippen LogP contribution in [0.3, 0.4) is 0 Å². The van der Waals surface area contributed by atoms with Crippen LogP contribution in [0.25, 0.3) is 0 Å². The van der Waals surface area contributed by atoms with Gasteiger partial charge < -0.3 is 15.4 Å². The number of ether oxygens (including phenoxy) is 1. The summed E-state index contributed by atoms with van der Waals surface area (Å²) in [5.74, 6) is -0.684. The zero-order chi connectivity index (χ0) is 15.6. The van der Waals surface area contributed by atoms with Gasteiger partial charge >= 0.3 is 6.18 Å². The molecule has 1 aromatic rings. The Balaban J connectivity index is 2.19. The molecule has 1 aromatic carbocycles. The number of alkyl halides is 3. The van der Waals surface area contributed by atoms with E-state index in [1.807, 2.05) is 13.8 Å². The summed E-state index contributed by atoms with van der Waals surface area (Å²) < 4.78 is 44.2. The van der Waals surface area contributed by atoms with Gasteiger partial charge in [0.15, 0.2) is 0 Å². The molecule has 1 saturated heterocycles. The maximum Gasteiger partial charge on any atom is 0.393 e. The molecule has 2 N–H and O–H groups in total. The molecule has 1 atom stereocenters. The maximum atomic E-state index is 12.9. The Hall–Kier alpha value is -1.59. The van der Waals surface area contributed by atoms with E-state index in [-0.39, 0.29) is 19.1 Å². The molecule has 0 spiro atoms. The molecule has 3 nitrogen and oxygen atoms in total. The molecule has 0 aliphatic carbocycles. The summed E-state index contributed by atoms with van der Waals surface area (Å²) in [5.41, 5.74) is 7.02. The lowest BCUT2D eigenvalue weighted by Gasteiger charge is -2.35. The van der Waals surface area contributed by atoms with E-state index in [4.69, 9.17) is 10.5 Å². The van der Waals surface area contributed by atoms with Crippen molar-refractivity contribution in [1.82, 2.24) is 0 Å². The van der Waals surface area contributed by atoms with Gasteiger partial charge in [-0.3, -0.25) is 0 Å². The third-order valence-corrected chi connectivity index (χ3v) is 3.53. The summed E-state index contributed by atoms with van der Waals surface area (Å²) in [7, 11) is 0. The van der Waals surface area contributed by atoms with Crippen LogP contribution in [-0.2, 0) is 0 Å². The van der Waals surface area contributed by atoms with Gasteiger partial charge in [-0.2, -0.15) is 13.2 Å². The molecular formula is C15H21F3N2O. The SMILES string of the molecule is CC(C)Oc1cc(N)cc(N2CCCC(C(F)(F)F)C2)c1. The van der Waals surface area contributed by atoms with Gasteiger partial charge in [-0.05, 0) is 32.8 Å². The second-order valence-electron chi connectivity index (χ2n) is 5.75. The van der Waals surface area contributed by atoms with Crippen molar-refractivity contribution < 1.29 is 17.9 Å². The van der Waals surface area contributed by atoms with E-state index in [0.29, 0.717) is 30.1 Å². The standard InChI is InChI=1S/C15H21F3N2O/c1-10(2)21-14-7-12(19)6-13(8-14)20-5-3-4-11(9-20)15(16,17)18/h6-8,10-11H,3-5,9,19H2,1-2H3. The van der Waals surface area contributed by atoms with Crippen LogP contribution in [0, 0.1) is 5.92 Å². The molecule has 1 aliphatic rings. The first-order valence-electron chi connectivity index (χ1n) is 7.14. The van der Waals surface area contributed by atoms with Gasteiger partial charge in [-0.15, -0.1) is 0 Å². The molecule has 118 valence electrons. The topological polar surface area (TPSA) is 38.5 Å². The van der Waals surface area contributed by atoms with Crippen LogP contribution < -0.4 is 15.4 Å². The largest absolute Gasteiger partial charge is 0.491 e. The monoisotopic (exact) mass is 302 g/mol. The first-order valence-corrected chi connectivity index (χ1v) is 7.14. The average Bonchev–Trinajstić information content (AvgIpc) is 2.36. The Kier molecular flexibility index (Phi) is 4.54. The Morgan fingerprint density at radius 2 is 2.00 bits per heavy atom. The van der Waals surface area contributed by atoms with E-state index in [9.17, 15) is 13.2 Å². The summed E-state index contributed by atoms with van der Waals surface area (Å²) >= 11 is 0. The quantitative estimate of drug-likeness (QED) is 0.862. The second kappa shape index (κ2) is 6.03. The molecule has 0 bridgehead atoms. The van der Waals surface area contributed by atoms with Crippen LogP contribution in [0.2, 0.25) is 0 Å². The molecule has 0 amide bonds. The van der Waals surface area contributed by atoms with E-state index >= 15 is 0 Å². The van der Waals surface area contributed by atoms with Crippen molar-refractivity contribution >= 4 is 11.4 Å². The number of nitrogens with two attached hydrogens (primary N) is 1. The molecule has 1 heterocycles. The normalized spacial score (nSPS) is 19.9. The molecule has 0 aromatic heterocycles. The Morgan fingerprint density at radius 3 is 2.62 bits per heavy atom. The maximum absolute atomic E-state index is 12.9. The van der Waals surface area contributed by atoms with Gasteiger partial charge in [-0.25, -0.2) is 0 Å². The van der Waals surface area contributed by atoms with E-state index < -0.39 is 12.1 Å². The third kappa shape index (κ3) is 4.19. The van der Waals surface area contributed by atoms with Gasteiger partial charge in [0, 0.05) is 36.6 Å². The van der Waals surface area contributed by atoms with Crippen LogP contribution in [0.5, 0.6) is 5.75 Å². The number of rotatable bonds is 3. The number of halogens is 3. The van der Waals surface area contributed by atoms with Crippen molar-refractivity contribution in [3.05, 3.63) is 18.2 Å². The summed E-state index contributed by atoms with van der Waals surface area (Å²) in [4.78, 5) is 1.74. The molecular weight excluding hydrogens is 281 g/mol. The van der Waals surface area contributed by atoms with Crippen LogP contribution in [0.15, 0.2) is 18.2 Å². The van der Waals surface area contributed by atoms with Crippen LogP contribution in [0.1, 0.15) is 26.7 Å². The van der Waals surface area contributed by atoms with Gasteiger partial charge in [-0.1, -0.05) is 0 Å². The molecule has 21 heavy (non-hydrogen) atoms. The molecule has 1 fully saturated rings. The summed E-state index contributed by atoms with van der Waals surface area (Å²) in [6.45, 7) is 4.37. The first kappa shape index (κ1) is 15.8. The fourth-order valence-electron chi connectivity index (χ4n) is 2.61. The number of nitrogens with zero attached hydrogens (tertiary/aromatic N) is 1. The number of hydrogen-bond donors (Lipinski definition) is 1. The number of anilines is 2. The third-order valence-electron chi connectivity index (χ3n) is 3.53. The lowest BCUT2D eigenvalue weighted by Crippen LogP contribution is -2.41. The van der Waals surface area contributed by atoms with Crippen molar-refractivity contribution in [2.45, 2.75) is 39.0 Å². The highest BCUT2D eigenvalue weighted by Crippen LogP contribution is 2.36. The van der Waals surface area contributed by atoms with Gasteiger partial charge in [0.05, 0.1) is 12.0 Å². The zero-order valence-corrected chi connectivity index (χ0v) is 12.3. The molecule has 0 radical (unpaired) electrons.